The van der Waals surface area contributed by atoms with Gasteiger partial charge in [-0.1, -0.05) is 46.3 Å². The lowest BCUT2D eigenvalue weighted by Gasteiger charge is -2.37. The van der Waals surface area contributed by atoms with Crippen molar-refractivity contribution >= 4 is 62.5 Å². The monoisotopic (exact) mass is 734 g/mol. The second kappa shape index (κ2) is 14.5. The highest BCUT2D eigenvalue weighted by Crippen LogP contribution is 2.68. The first-order valence-electron chi connectivity index (χ1n) is 16.7. The maximum absolute atomic E-state index is 14.7. The van der Waals surface area contributed by atoms with Gasteiger partial charge in [-0.15, -0.1) is 11.8 Å². The standard InChI is InChI=1S/C37H43BrN4O5S/c1-4-41(5-2)26-16-12-24(13-17-26)40-35(45)33-37-21-29(38)32(48-37)30(34(44)39-25-14-18-28(19-15-25)47-6-3)31(37)36(46)42(33)27(22-43)20-23-10-8-7-9-11-23/h7-19,27,29-33,43H,4-6,20-22H2,1-3H3,(H,39,44)(H,40,45)/t27-,29?,30+,31+,32+,33?,37?/m1/s1. The van der Waals surface area contributed by atoms with E-state index in [0.717, 1.165) is 24.3 Å². The van der Waals surface area contributed by atoms with E-state index in [9.17, 15) is 19.5 Å². The summed E-state index contributed by atoms with van der Waals surface area (Å²) in [6, 6.07) is 23.0. The highest BCUT2D eigenvalue weighted by Gasteiger charge is 2.76. The first kappa shape index (κ1) is 34.3. The van der Waals surface area contributed by atoms with E-state index < -0.39 is 28.7 Å². The van der Waals surface area contributed by atoms with Gasteiger partial charge in [-0.3, -0.25) is 14.4 Å². The van der Waals surface area contributed by atoms with E-state index in [2.05, 4.69) is 45.3 Å². The van der Waals surface area contributed by atoms with Crippen LogP contribution in [0.4, 0.5) is 17.1 Å². The molecule has 9 nitrogen and oxygen atoms in total. The SMILES string of the molecule is CCOc1ccc(NC(=O)[C@H]2[C@H]3C(=O)N([C@@H](CO)Cc4ccccc4)C(C(=O)Nc4ccc(N(CC)CC)cc4)C34CC(Br)[C@@H]2S4)cc1. The van der Waals surface area contributed by atoms with Crippen LogP contribution in [0.5, 0.6) is 5.75 Å². The molecule has 0 radical (unpaired) electrons. The van der Waals surface area contributed by atoms with Crippen LogP contribution in [0.25, 0.3) is 0 Å². The summed E-state index contributed by atoms with van der Waals surface area (Å²) < 4.78 is 4.69. The summed E-state index contributed by atoms with van der Waals surface area (Å²) in [5.74, 6) is -1.52. The molecule has 0 aromatic heterocycles. The molecule has 3 saturated heterocycles. The van der Waals surface area contributed by atoms with Crippen molar-refractivity contribution in [2.24, 2.45) is 11.8 Å². The van der Waals surface area contributed by atoms with Crippen LogP contribution in [0.15, 0.2) is 78.9 Å². The maximum Gasteiger partial charge on any atom is 0.248 e. The second-order valence-electron chi connectivity index (χ2n) is 12.6. The molecule has 11 heteroatoms. The van der Waals surface area contributed by atoms with Gasteiger partial charge >= 0.3 is 0 Å². The fraction of sp³-hybridized carbons (Fsp3) is 0.432. The third-order valence-electron chi connectivity index (χ3n) is 9.89. The van der Waals surface area contributed by atoms with Gasteiger partial charge in [0, 0.05) is 40.2 Å². The number of likely N-dealkylation sites (tertiary alicyclic amines) is 1. The Labute approximate surface area is 294 Å². The Balaban J connectivity index is 1.33. The molecule has 254 valence electrons. The minimum atomic E-state index is -0.892. The van der Waals surface area contributed by atoms with Crippen molar-refractivity contribution in [3.05, 3.63) is 84.4 Å². The number of anilines is 3. The first-order valence-corrected chi connectivity index (χ1v) is 18.5. The molecule has 3 heterocycles. The number of hydrogen-bond donors (Lipinski definition) is 3. The Kier molecular flexibility index (Phi) is 10.4. The number of nitrogens with one attached hydrogen (secondary N) is 2. The van der Waals surface area contributed by atoms with Crippen molar-refractivity contribution in [2.45, 2.75) is 60.5 Å². The average Bonchev–Trinajstić information content (AvgIpc) is 3.69. The molecule has 3 unspecified atom stereocenters. The van der Waals surface area contributed by atoms with Crippen LogP contribution < -0.4 is 20.3 Å². The summed E-state index contributed by atoms with van der Waals surface area (Å²) in [5, 5.41) is 16.7. The third kappa shape index (κ3) is 6.32. The molecule has 0 aliphatic carbocycles. The van der Waals surface area contributed by atoms with Gasteiger partial charge in [-0.05, 0) is 87.7 Å². The molecule has 7 atom stereocenters. The van der Waals surface area contributed by atoms with Gasteiger partial charge in [0.2, 0.25) is 17.7 Å². The van der Waals surface area contributed by atoms with Crippen molar-refractivity contribution in [3.63, 3.8) is 0 Å². The number of thioether (sulfide) groups is 1. The normalized spacial score (nSPS) is 26.2. The molecule has 3 amide bonds. The summed E-state index contributed by atoms with van der Waals surface area (Å²) >= 11 is 5.42. The molecule has 1 spiro atoms. The van der Waals surface area contributed by atoms with Gasteiger partial charge in [0.05, 0.1) is 35.8 Å². The van der Waals surface area contributed by atoms with Crippen LogP contribution in [0.1, 0.15) is 32.8 Å². The third-order valence-corrected chi connectivity index (χ3v) is 13.1. The van der Waals surface area contributed by atoms with E-state index in [0.29, 0.717) is 36.6 Å². The zero-order valence-corrected chi connectivity index (χ0v) is 29.9. The summed E-state index contributed by atoms with van der Waals surface area (Å²) in [6.45, 7) is 8.07. The van der Waals surface area contributed by atoms with Crippen molar-refractivity contribution in [1.29, 1.82) is 0 Å². The number of ether oxygens (including phenoxy) is 1. The molecule has 0 saturated carbocycles. The van der Waals surface area contributed by atoms with Crippen LogP contribution in [-0.2, 0) is 20.8 Å². The number of amides is 3. The van der Waals surface area contributed by atoms with E-state index >= 15 is 0 Å². The smallest absolute Gasteiger partial charge is 0.248 e. The van der Waals surface area contributed by atoms with Crippen LogP contribution in [0, 0.1) is 11.8 Å². The fourth-order valence-corrected chi connectivity index (χ4v) is 11.4. The Morgan fingerprint density at radius 2 is 1.60 bits per heavy atom. The molecule has 3 fully saturated rings. The van der Waals surface area contributed by atoms with Crippen LogP contribution in [0.3, 0.4) is 0 Å². The molecular weight excluding hydrogens is 692 g/mol. The number of fused-ring (bicyclic) bond motifs is 1. The van der Waals surface area contributed by atoms with E-state index in [1.807, 2.05) is 61.5 Å². The molecule has 3 aromatic rings. The minimum absolute atomic E-state index is 0.0760. The number of aliphatic hydroxyl groups is 1. The second-order valence-corrected chi connectivity index (χ2v) is 15.3. The molecule has 2 bridgehead atoms. The highest BCUT2D eigenvalue weighted by molar-refractivity contribution is 9.09. The number of carbonyl (C=O) groups is 3. The lowest BCUT2D eigenvalue weighted by Crippen LogP contribution is -2.55. The summed E-state index contributed by atoms with van der Waals surface area (Å²) in [4.78, 5) is 47.1. The molecule has 6 rings (SSSR count). The van der Waals surface area contributed by atoms with Crippen molar-refractivity contribution in [1.82, 2.24) is 4.90 Å². The van der Waals surface area contributed by atoms with Gasteiger partial charge in [-0.2, -0.15) is 0 Å². The minimum Gasteiger partial charge on any atom is -0.494 e. The van der Waals surface area contributed by atoms with Gasteiger partial charge in [0.15, 0.2) is 0 Å². The largest absolute Gasteiger partial charge is 0.494 e. The first-order chi connectivity index (χ1) is 23.2. The Morgan fingerprint density at radius 3 is 2.21 bits per heavy atom. The highest BCUT2D eigenvalue weighted by atomic mass is 79.9. The molecule has 3 aliphatic heterocycles. The summed E-state index contributed by atoms with van der Waals surface area (Å²) in [5.41, 5.74) is 3.25. The lowest BCUT2D eigenvalue weighted by atomic mass is 9.70. The van der Waals surface area contributed by atoms with Crippen LogP contribution >= 0.6 is 27.7 Å². The number of aliphatic hydroxyl groups excluding tert-OH is 1. The van der Waals surface area contributed by atoms with Crippen molar-refractivity contribution < 1.29 is 24.2 Å². The zero-order valence-electron chi connectivity index (χ0n) is 27.5. The van der Waals surface area contributed by atoms with Gasteiger partial charge in [-0.25, -0.2) is 0 Å². The van der Waals surface area contributed by atoms with Crippen molar-refractivity contribution in [3.8, 4) is 5.75 Å². The topological polar surface area (TPSA) is 111 Å². The number of hydrogen-bond acceptors (Lipinski definition) is 7. The number of carbonyl (C=O) groups excluding carboxylic acids is 3. The van der Waals surface area contributed by atoms with E-state index in [-0.39, 0.29) is 34.4 Å². The summed E-state index contributed by atoms with van der Waals surface area (Å²) in [6.07, 6.45) is 0.924. The average molecular weight is 736 g/mol. The molecular formula is C37H43BrN4O5S. The number of benzene rings is 3. The Hall–Kier alpha value is -3.54. The Morgan fingerprint density at radius 1 is 0.979 bits per heavy atom. The van der Waals surface area contributed by atoms with E-state index in [4.69, 9.17) is 4.74 Å². The predicted molar refractivity (Wildman–Crippen MR) is 195 cm³/mol. The van der Waals surface area contributed by atoms with Crippen LogP contribution in [0.2, 0.25) is 0 Å². The number of nitrogens with zero attached hydrogens (tertiary/aromatic N) is 2. The van der Waals surface area contributed by atoms with E-state index in [1.165, 1.54) is 0 Å². The molecule has 3 aliphatic rings. The fourth-order valence-electron chi connectivity index (χ4n) is 7.78. The van der Waals surface area contributed by atoms with E-state index in [1.54, 1.807) is 40.9 Å². The molecule has 3 N–H and O–H groups in total. The molecule has 3 aromatic carbocycles. The maximum atomic E-state index is 14.7. The summed E-state index contributed by atoms with van der Waals surface area (Å²) in [7, 11) is 0. The molecule has 48 heavy (non-hydrogen) atoms. The predicted octanol–water partition coefficient (Wildman–Crippen LogP) is 5.58. The van der Waals surface area contributed by atoms with Crippen molar-refractivity contribution in [2.75, 3.05) is 41.8 Å². The number of halogens is 1. The van der Waals surface area contributed by atoms with Gasteiger partial charge in [0.1, 0.15) is 11.8 Å². The Bertz CT molecular complexity index is 1610. The van der Waals surface area contributed by atoms with Crippen LogP contribution in [-0.4, -0.2) is 80.9 Å². The number of rotatable bonds is 13. The van der Waals surface area contributed by atoms with Gasteiger partial charge in [0.25, 0.3) is 0 Å². The lowest BCUT2D eigenvalue weighted by molar-refractivity contribution is -0.141. The zero-order chi connectivity index (χ0) is 34.0. The number of alkyl halides is 1. The van der Waals surface area contributed by atoms with Gasteiger partial charge < -0.3 is 30.3 Å². The quantitative estimate of drug-likeness (QED) is 0.197.